The van der Waals surface area contributed by atoms with Crippen molar-refractivity contribution >= 4 is 11.9 Å². The molecule has 152 valence electrons. The Kier molecular flexibility index (Phi) is 12.1. The highest BCUT2D eigenvalue weighted by molar-refractivity contribution is 5.79. The minimum absolute atomic E-state index is 0.133. The Morgan fingerprint density at radius 3 is 2.81 bits per heavy atom. The van der Waals surface area contributed by atoms with Crippen LogP contribution in [0.5, 0.6) is 0 Å². The van der Waals surface area contributed by atoms with Crippen molar-refractivity contribution in [2.75, 3.05) is 53.0 Å². The number of carbonyl (C=O) groups is 1. The Morgan fingerprint density at radius 1 is 1.31 bits per heavy atom. The lowest BCUT2D eigenvalue weighted by molar-refractivity contribution is -0.140. The molecular weight excluding hydrogens is 332 g/mol. The van der Waals surface area contributed by atoms with Crippen LogP contribution < -0.4 is 10.6 Å². The molecule has 2 N–H and O–H groups in total. The third-order valence-corrected chi connectivity index (χ3v) is 4.22. The van der Waals surface area contributed by atoms with Gasteiger partial charge in [-0.25, -0.2) is 0 Å². The van der Waals surface area contributed by atoms with Gasteiger partial charge in [0.15, 0.2) is 5.96 Å². The van der Waals surface area contributed by atoms with Crippen LogP contribution in [0, 0.1) is 5.92 Å². The Bertz CT molecular complexity index is 416. The maximum Gasteiger partial charge on any atom is 0.305 e. The lowest BCUT2D eigenvalue weighted by atomic mass is 10.2. The predicted molar refractivity (Wildman–Crippen MR) is 105 cm³/mol. The van der Waals surface area contributed by atoms with Gasteiger partial charge in [0.25, 0.3) is 0 Å². The molecule has 0 spiro atoms. The number of ether oxygens (including phenoxy) is 2. The molecule has 0 bridgehead atoms. The van der Waals surface area contributed by atoms with E-state index in [-0.39, 0.29) is 12.1 Å². The van der Waals surface area contributed by atoms with Crippen molar-refractivity contribution in [2.45, 2.75) is 52.6 Å². The standard InChI is InChI=1S/C19H38N4O3/c1-5-20-19(21-10-8-6-7-9-18(24)25-4)22-13-17-15-23(11-12-26-17)14-16(2)3/h16-17H,5-15H2,1-4H3,(H2,20,21,22). The average molecular weight is 371 g/mol. The van der Waals surface area contributed by atoms with Crippen molar-refractivity contribution in [2.24, 2.45) is 10.9 Å². The number of nitrogens with one attached hydrogen (secondary N) is 2. The molecule has 1 rings (SSSR count). The molecule has 7 heteroatoms. The van der Waals surface area contributed by atoms with Crippen molar-refractivity contribution in [1.82, 2.24) is 15.5 Å². The molecule has 0 aromatic rings. The molecule has 0 aliphatic carbocycles. The van der Waals surface area contributed by atoms with E-state index in [1.165, 1.54) is 7.11 Å². The molecule has 1 aliphatic heterocycles. The first kappa shape index (κ1) is 22.7. The van der Waals surface area contributed by atoms with Gasteiger partial charge in [-0.1, -0.05) is 20.3 Å². The van der Waals surface area contributed by atoms with E-state index in [1.54, 1.807) is 0 Å². The zero-order valence-electron chi connectivity index (χ0n) is 17.1. The zero-order chi connectivity index (χ0) is 19.2. The van der Waals surface area contributed by atoms with E-state index in [0.717, 1.165) is 64.6 Å². The van der Waals surface area contributed by atoms with Gasteiger partial charge in [-0.05, 0) is 25.7 Å². The Balaban J connectivity index is 2.28. The fourth-order valence-corrected chi connectivity index (χ4v) is 2.99. The van der Waals surface area contributed by atoms with Crippen molar-refractivity contribution < 1.29 is 14.3 Å². The van der Waals surface area contributed by atoms with E-state index in [9.17, 15) is 4.79 Å². The average Bonchev–Trinajstić information content (AvgIpc) is 2.61. The minimum Gasteiger partial charge on any atom is -0.469 e. The zero-order valence-corrected chi connectivity index (χ0v) is 17.1. The molecule has 0 amide bonds. The highest BCUT2D eigenvalue weighted by atomic mass is 16.5. The summed E-state index contributed by atoms with van der Waals surface area (Å²) in [5.41, 5.74) is 0. The van der Waals surface area contributed by atoms with Gasteiger partial charge in [0.2, 0.25) is 0 Å². The van der Waals surface area contributed by atoms with E-state index >= 15 is 0 Å². The molecule has 7 nitrogen and oxygen atoms in total. The summed E-state index contributed by atoms with van der Waals surface area (Å²) in [5, 5.41) is 6.64. The summed E-state index contributed by atoms with van der Waals surface area (Å²) in [5.74, 6) is 1.38. The summed E-state index contributed by atoms with van der Waals surface area (Å²) in [4.78, 5) is 18.2. The summed E-state index contributed by atoms with van der Waals surface area (Å²) in [6.45, 7) is 12.8. The molecule has 0 aromatic heterocycles. The van der Waals surface area contributed by atoms with E-state index < -0.39 is 0 Å². The molecule has 1 saturated heterocycles. The second kappa shape index (κ2) is 13.8. The fraction of sp³-hybridized carbons (Fsp3) is 0.895. The van der Waals surface area contributed by atoms with Gasteiger partial charge in [0.1, 0.15) is 0 Å². The molecular formula is C19H38N4O3. The van der Waals surface area contributed by atoms with E-state index in [0.29, 0.717) is 18.9 Å². The van der Waals surface area contributed by atoms with Crippen LogP contribution in [0.1, 0.15) is 46.5 Å². The van der Waals surface area contributed by atoms with Crippen LogP contribution in [0.4, 0.5) is 0 Å². The van der Waals surface area contributed by atoms with Crippen LogP contribution in [0.3, 0.4) is 0 Å². The van der Waals surface area contributed by atoms with Crippen molar-refractivity contribution in [3.63, 3.8) is 0 Å². The SMILES string of the molecule is CCNC(=NCC1CN(CC(C)C)CCO1)NCCCCCC(=O)OC. The molecule has 1 aliphatic rings. The van der Waals surface area contributed by atoms with Crippen LogP contribution in [0.2, 0.25) is 0 Å². The highest BCUT2D eigenvalue weighted by Gasteiger charge is 2.20. The van der Waals surface area contributed by atoms with E-state index in [1.807, 2.05) is 0 Å². The maximum atomic E-state index is 11.1. The molecule has 1 heterocycles. The number of carbonyl (C=O) groups excluding carboxylic acids is 1. The number of rotatable bonds is 11. The lowest BCUT2D eigenvalue weighted by Crippen LogP contribution is -2.46. The fourth-order valence-electron chi connectivity index (χ4n) is 2.99. The maximum absolute atomic E-state index is 11.1. The third-order valence-electron chi connectivity index (χ3n) is 4.22. The van der Waals surface area contributed by atoms with E-state index in [2.05, 4.69) is 46.0 Å². The first-order chi connectivity index (χ1) is 12.5. The topological polar surface area (TPSA) is 75.2 Å². The minimum atomic E-state index is -0.133. The summed E-state index contributed by atoms with van der Waals surface area (Å²) in [7, 11) is 1.43. The Hall–Kier alpha value is -1.34. The number of morpholine rings is 1. The smallest absolute Gasteiger partial charge is 0.305 e. The van der Waals surface area contributed by atoms with Crippen LogP contribution in [-0.2, 0) is 14.3 Å². The number of nitrogens with zero attached hydrogens (tertiary/aromatic N) is 2. The second-order valence-corrected chi connectivity index (χ2v) is 7.18. The molecule has 0 aromatic carbocycles. The normalized spacial score (nSPS) is 18.8. The molecule has 1 unspecified atom stereocenters. The van der Waals surface area contributed by atoms with Crippen LogP contribution in [0.25, 0.3) is 0 Å². The van der Waals surface area contributed by atoms with Crippen molar-refractivity contribution in [1.29, 1.82) is 0 Å². The van der Waals surface area contributed by atoms with Gasteiger partial charge in [0, 0.05) is 39.1 Å². The predicted octanol–water partition coefficient (Wildman–Crippen LogP) is 1.63. The number of hydrogen-bond acceptors (Lipinski definition) is 5. The number of hydrogen-bond donors (Lipinski definition) is 2. The number of methoxy groups -OCH3 is 1. The number of esters is 1. The highest BCUT2D eigenvalue weighted by Crippen LogP contribution is 2.08. The monoisotopic (exact) mass is 370 g/mol. The van der Waals surface area contributed by atoms with Crippen molar-refractivity contribution in [3.8, 4) is 0 Å². The number of guanidine groups is 1. The molecule has 0 saturated carbocycles. The third kappa shape index (κ3) is 10.6. The van der Waals surface area contributed by atoms with E-state index in [4.69, 9.17) is 4.74 Å². The number of aliphatic imine (C=N–C) groups is 1. The molecule has 26 heavy (non-hydrogen) atoms. The summed E-state index contributed by atoms with van der Waals surface area (Å²) in [6, 6.07) is 0. The Morgan fingerprint density at radius 2 is 2.12 bits per heavy atom. The van der Waals surface area contributed by atoms with Gasteiger partial charge in [0.05, 0.1) is 26.4 Å². The second-order valence-electron chi connectivity index (χ2n) is 7.18. The van der Waals surface area contributed by atoms with Crippen LogP contribution >= 0.6 is 0 Å². The number of unbranched alkanes of at least 4 members (excludes halogenated alkanes) is 2. The quantitative estimate of drug-likeness (QED) is 0.249. The van der Waals surface area contributed by atoms with Gasteiger partial charge in [-0.2, -0.15) is 0 Å². The molecule has 1 fully saturated rings. The molecule has 1 atom stereocenters. The summed E-state index contributed by atoms with van der Waals surface area (Å²) < 4.78 is 10.5. The van der Waals surface area contributed by atoms with Crippen LogP contribution in [-0.4, -0.2) is 75.9 Å². The first-order valence-electron chi connectivity index (χ1n) is 9.98. The first-order valence-corrected chi connectivity index (χ1v) is 9.98. The largest absolute Gasteiger partial charge is 0.469 e. The summed E-state index contributed by atoms with van der Waals surface area (Å²) in [6.07, 6.45) is 3.53. The van der Waals surface area contributed by atoms with Crippen LogP contribution in [0.15, 0.2) is 4.99 Å². The summed E-state index contributed by atoms with van der Waals surface area (Å²) >= 11 is 0. The van der Waals surface area contributed by atoms with Gasteiger partial charge in [-0.15, -0.1) is 0 Å². The Labute approximate surface area is 158 Å². The van der Waals surface area contributed by atoms with Gasteiger partial charge >= 0.3 is 5.97 Å². The molecule has 0 radical (unpaired) electrons. The van der Waals surface area contributed by atoms with Gasteiger partial charge in [-0.3, -0.25) is 14.7 Å². The van der Waals surface area contributed by atoms with Gasteiger partial charge < -0.3 is 20.1 Å². The van der Waals surface area contributed by atoms with Crippen molar-refractivity contribution in [3.05, 3.63) is 0 Å². The lowest BCUT2D eigenvalue weighted by Gasteiger charge is -2.33.